The first-order chi connectivity index (χ1) is 13.6. The molecule has 0 fully saturated rings. The number of H-pyrrole nitrogens is 1. The molecule has 4 rings (SSSR count). The van der Waals surface area contributed by atoms with E-state index >= 15 is 0 Å². The summed E-state index contributed by atoms with van der Waals surface area (Å²) in [6.45, 7) is 1.93. The highest BCUT2D eigenvalue weighted by atomic mass is 16.1. The Balaban J connectivity index is 1.47. The zero-order valence-corrected chi connectivity index (χ0v) is 15.3. The summed E-state index contributed by atoms with van der Waals surface area (Å²) in [4.78, 5) is 28.4. The summed E-state index contributed by atoms with van der Waals surface area (Å²) in [7, 11) is 0. The maximum absolute atomic E-state index is 12.5. The normalized spacial score (nSPS) is 12.0. The average molecular weight is 373 g/mol. The van der Waals surface area contributed by atoms with Crippen LogP contribution in [0.4, 0.5) is 0 Å². The van der Waals surface area contributed by atoms with Crippen LogP contribution in [0.3, 0.4) is 0 Å². The summed E-state index contributed by atoms with van der Waals surface area (Å²) < 4.78 is 1.92. The molecular weight excluding hydrogens is 354 g/mol. The number of amides is 1. The topological polar surface area (TPSA) is 92.7 Å². The van der Waals surface area contributed by atoms with Gasteiger partial charge in [-0.25, -0.2) is 10.1 Å². The standard InChI is InChI=1S/C21H19N5O2/c1-14(15-6-8-16(9-7-15)26-11-10-22-13-26)23-20(27)12-19-17-4-2-3-5-18(17)21(28)25-24-19/h2-11,13-14H,12H2,1H3,(H,23,27)(H,25,28)/t14-/m1/s1. The Morgan fingerprint density at radius 2 is 1.89 bits per heavy atom. The first-order valence-electron chi connectivity index (χ1n) is 8.96. The van der Waals surface area contributed by atoms with Crippen molar-refractivity contribution in [1.29, 1.82) is 0 Å². The Hall–Kier alpha value is -3.74. The predicted molar refractivity (Wildman–Crippen MR) is 106 cm³/mol. The first kappa shape index (κ1) is 17.7. The van der Waals surface area contributed by atoms with E-state index in [-0.39, 0.29) is 23.9 Å². The molecule has 0 radical (unpaired) electrons. The monoisotopic (exact) mass is 373 g/mol. The van der Waals surface area contributed by atoms with Crippen LogP contribution < -0.4 is 10.9 Å². The molecule has 28 heavy (non-hydrogen) atoms. The fourth-order valence-electron chi connectivity index (χ4n) is 3.18. The fourth-order valence-corrected chi connectivity index (χ4v) is 3.18. The SMILES string of the molecule is C[C@@H](NC(=O)Cc1n[nH]c(=O)c2ccccc12)c1ccc(-n2ccnc2)cc1. The van der Waals surface area contributed by atoms with Crippen LogP contribution in [-0.4, -0.2) is 25.7 Å². The molecule has 2 N–H and O–H groups in total. The highest BCUT2D eigenvalue weighted by Crippen LogP contribution is 2.17. The van der Waals surface area contributed by atoms with Gasteiger partial charge in [-0.3, -0.25) is 9.59 Å². The van der Waals surface area contributed by atoms with Gasteiger partial charge < -0.3 is 9.88 Å². The average Bonchev–Trinajstić information content (AvgIpc) is 3.25. The van der Waals surface area contributed by atoms with Gasteiger partial charge in [0, 0.05) is 23.5 Å². The van der Waals surface area contributed by atoms with Crippen LogP contribution in [-0.2, 0) is 11.2 Å². The van der Waals surface area contributed by atoms with Crippen molar-refractivity contribution in [2.45, 2.75) is 19.4 Å². The molecule has 0 spiro atoms. The van der Waals surface area contributed by atoms with Gasteiger partial charge in [-0.2, -0.15) is 5.10 Å². The number of aromatic nitrogens is 4. The van der Waals surface area contributed by atoms with E-state index in [1.807, 2.05) is 48.0 Å². The van der Waals surface area contributed by atoms with Crippen molar-refractivity contribution in [1.82, 2.24) is 25.1 Å². The van der Waals surface area contributed by atoms with Crippen LogP contribution in [0.2, 0.25) is 0 Å². The summed E-state index contributed by atoms with van der Waals surface area (Å²) in [6.07, 6.45) is 5.43. The molecule has 4 aromatic rings. The van der Waals surface area contributed by atoms with E-state index in [1.165, 1.54) is 0 Å². The predicted octanol–water partition coefficient (Wildman–Crippen LogP) is 2.53. The molecule has 2 aromatic heterocycles. The Bertz CT molecular complexity index is 1160. The van der Waals surface area contributed by atoms with E-state index in [1.54, 1.807) is 30.7 Å². The van der Waals surface area contributed by atoms with Crippen LogP contribution in [0.5, 0.6) is 0 Å². The summed E-state index contributed by atoms with van der Waals surface area (Å²) in [6, 6.07) is 14.9. The number of carbonyl (C=O) groups excluding carboxylic acids is 1. The quantitative estimate of drug-likeness (QED) is 0.562. The van der Waals surface area contributed by atoms with Crippen molar-refractivity contribution >= 4 is 16.7 Å². The molecule has 7 heteroatoms. The number of rotatable bonds is 5. The van der Waals surface area contributed by atoms with Gasteiger partial charge in [-0.1, -0.05) is 30.3 Å². The summed E-state index contributed by atoms with van der Waals surface area (Å²) in [5.41, 5.74) is 2.29. The highest BCUT2D eigenvalue weighted by Gasteiger charge is 2.14. The Morgan fingerprint density at radius 3 is 2.61 bits per heavy atom. The van der Waals surface area contributed by atoms with Crippen LogP contribution in [0, 0.1) is 0 Å². The van der Waals surface area contributed by atoms with E-state index in [4.69, 9.17) is 0 Å². The molecule has 2 aromatic carbocycles. The molecule has 0 unspecified atom stereocenters. The molecular formula is C21H19N5O2. The molecule has 140 valence electrons. The van der Waals surface area contributed by atoms with Crippen LogP contribution in [0.25, 0.3) is 16.5 Å². The summed E-state index contributed by atoms with van der Waals surface area (Å²) in [5.74, 6) is -0.157. The molecule has 0 aliphatic carbocycles. The lowest BCUT2D eigenvalue weighted by molar-refractivity contribution is -0.121. The number of hydrogen-bond donors (Lipinski definition) is 2. The third-order valence-corrected chi connectivity index (χ3v) is 4.68. The van der Waals surface area contributed by atoms with Gasteiger partial charge in [0.15, 0.2) is 0 Å². The molecule has 0 saturated heterocycles. The van der Waals surface area contributed by atoms with Gasteiger partial charge in [0.2, 0.25) is 5.91 Å². The zero-order valence-electron chi connectivity index (χ0n) is 15.3. The highest BCUT2D eigenvalue weighted by molar-refractivity contribution is 5.88. The second kappa shape index (κ2) is 7.48. The minimum atomic E-state index is -0.258. The summed E-state index contributed by atoms with van der Waals surface area (Å²) >= 11 is 0. The van der Waals surface area contributed by atoms with E-state index in [0.717, 1.165) is 11.3 Å². The number of benzene rings is 2. The largest absolute Gasteiger partial charge is 0.349 e. The number of nitrogens with one attached hydrogen (secondary N) is 2. The molecule has 0 bridgehead atoms. The van der Waals surface area contributed by atoms with Crippen molar-refractivity contribution in [3.8, 4) is 5.69 Å². The third kappa shape index (κ3) is 3.55. The maximum Gasteiger partial charge on any atom is 0.272 e. The third-order valence-electron chi connectivity index (χ3n) is 4.68. The van der Waals surface area contributed by atoms with Gasteiger partial charge in [-0.05, 0) is 30.7 Å². The van der Waals surface area contributed by atoms with Crippen molar-refractivity contribution in [2.75, 3.05) is 0 Å². The lowest BCUT2D eigenvalue weighted by Crippen LogP contribution is -2.29. The van der Waals surface area contributed by atoms with E-state index in [2.05, 4.69) is 20.5 Å². The van der Waals surface area contributed by atoms with Gasteiger partial charge in [0.1, 0.15) is 0 Å². The van der Waals surface area contributed by atoms with Crippen molar-refractivity contribution in [2.24, 2.45) is 0 Å². The number of aromatic amines is 1. The lowest BCUT2D eigenvalue weighted by atomic mass is 10.1. The summed E-state index contributed by atoms with van der Waals surface area (Å²) in [5, 5.41) is 10.7. The lowest BCUT2D eigenvalue weighted by Gasteiger charge is -2.15. The second-order valence-corrected chi connectivity index (χ2v) is 6.57. The van der Waals surface area contributed by atoms with E-state index in [0.29, 0.717) is 16.5 Å². The van der Waals surface area contributed by atoms with E-state index < -0.39 is 0 Å². The number of carbonyl (C=O) groups is 1. The first-order valence-corrected chi connectivity index (χ1v) is 8.96. The molecule has 1 amide bonds. The molecule has 1 atom stereocenters. The molecule has 7 nitrogen and oxygen atoms in total. The van der Waals surface area contributed by atoms with Crippen molar-refractivity contribution in [3.63, 3.8) is 0 Å². The second-order valence-electron chi connectivity index (χ2n) is 6.57. The van der Waals surface area contributed by atoms with Crippen molar-refractivity contribution < 1.29 is 4.79 Å². The number of nitrogens with zero attached hydrogens (tertiary/aromatic N) is 3. The molecule has 0 saturated carbocycles. The van der Waals surface area contributed by atoms with E-state index in [9.17, 15) is 9.59 Å². The molecule has 0 aliphatic heterocycles. The van der Waals surface area contributed by atoms with Gasteiger partial charge in [0.05, 0.1) is 29.9 Å². The minimum absolute atomic E-state index is 0.0920. The van der Waals surface area contributed by atoms with Gasteiger partial charge >= 0.3 is 0 Å². The Morgan fingerprint density at radius 1 is 1.14 bits per heavy atom. The maximum atomic E-state index is 12.5. The number of imidazole rings is 1. The van der Waals surface area contributed by atoms with Crippen LogP contribution in [0.15, 0.2) is 72.0 Å². The number of hydrogen-bond acceptors (Lipinski definition) is 4. The van der Waals surface area contributed by atoms with Crippen LogP contribution in [0.1, 0.15) is 24.2 Å². The molecule has 2 heterocycles. The Kier molecular flexibility index (Phi) is 4.72. The van der Waals surface area contributed by atoms with Crippen LogP contribution >= 0.6 is 0 Å². The zero-order chi connectivity index (χ0) is 19.5. The van der Waals surface area contributed by atoms with Crippen molar-refractivity contribution in [3.05, 3.63) is 88.9 Å². The molecule has 0 aliphatic rings. The van der Waals surface area contributed by atoms with Gasteiger partial charge in [-0.15, -0.1) is 0 Å². The van der Waals surface area contributed by atoms with Gasteiger partial charge in [0.25, 0.3) is 5.56 Å². The number of fused-ring (bicyclic) bond motifs is 1. The Labute approximate surface area is 161 Å². The smallest absolute Gasteiger partial charge is 0.272 e. The fraction of sp³-hybridized carbons (Fsp3) is 0.143. The minimum Gasteiger partial charge on any atom is -0.349 e.